The fraction of sp³-hybridized carbons (Fsp3) is 0.439. The average molecular weight is 719 g/mol. The molecule has 2 aliphatic heterocycles. The lowest BCUT2D eigenvalue weighted by atomic mass is 10.0. The first-order valence-corrected chi connectivity index (χ1v) is 18.5. The summed E-state index contributed by atoms with van der Waals surface area (Å²) in [6, 6.07) is 15.0. The van der Waals surface area contributed by atoms with Crippen LogP contribution in [0.25, 0.3) is 22.5 Å². The lowest BCUT2D eigenvalue weighted by Gasteiger charge is -2.30. The summed E-state index contributed by atoms with van der Waals surface area (Å²) in [5, 5.41) is 2.69. The second-order valence-corrected chi connectivity index (χ2v) is 14.4. The number of rotatable bonds is 10. The summed E-state index contributed by atoms with van der Waals surface area (Å²) >= 11 is 0. The van der Waals surface area contributed by atoms with Crippen molar-refractivity contribution in [1.82, 2.24) is 40.0 Å². The number of benzene rings is 2. The lowest BCUT2D eigenvalue weighted by Crippen LogP contribution is -2.51. The first kappa shape index (κ1) is 37.4. The minimum atomic E-state index is -0.678. The van der Waals surface area contributed by atoms with Gasteiger partial charge in [0.2, 0.25) is 11.8 Å². The van der Waals surface area contributed by atoms with Crippen molar-refractivity contribution in [3.05, 3.63) is 83.7 Å². The van der Waals surface area contributed by atoms with Gasteiger partial charge in [-0.3, -0.25) is 14.5 Å². The molecular weight excluding hydrogens is 669 g/mol. The maximum absolute atomic E-state index is 13.5. The number of hydrogen-bond donors (Lipinski definition) is 3. The number of carbonyl (C=O) groups excluding carboxylic acids is 3. The van der Waals surface area contributed by atoms with E-state index in [0.29, 0.717) is 6.54 Å². The number of ether oxygens (including phenoxy) is 1. The molecular formula is C41H50N8O4. The van der Waals surface area contributed by atoms with E-state index in [-0.39, 0.29) is 35.9 Å². The van der Waals surface area contributed by atoms with Gasteiger partial charge in [-0.25, -0.2) is 14.8 Å². The van der Waals surface area contributed by atoms with E-state index in [1.165, 1.54) is 7.11 Å². The highest BCUT2D eigenvalue weighted by Crippen LogP contribution is 2.34. The van der Waals surface area contributed by atoms with Crippen molar-refractivity contribution in [3.8, 4) is 34.4 Å². The molecule has 4 aromatic rings. The van der Waals surface area contributed by atoms with E-state index in [1.54, 1.807) is 6.20 Å². The summed E-state index contributed by atoms with van der Waals surface area (Å²) < 4.78 is 4.75. The standard InChI is InChI=1S/C41H50N8O4/c1-7-33(47(4)5)39(50)48-22-8-10-34(48)37-42-24-31(44-37)29-18-14-27(15-19-29)12-13-28-16-20-30(21-17-28)32-25-43-38(45-32)35-11-9-23-49(35)40(51)36(26(2)3)46-41(52)53-6/h14-21,24-26,33-36H,7-11,22-23H2,1-6H3,(H,42,44)(H,43,45)(H,46,52). The molecule has 3 amide bonds. The monoisotopic (exact) mass is 718 g/mol. The van der Waals surface area contributed by atoms with Gasteiger partial charge < -0.3 is 29.8 Å². The summed E-state index contributed by atoms with van der Waals surface area (Å²) in [6.07, 6.45) is 7.32. The van der Waals surface area contributed by atoms with Gasteiger partial charge in [-0.15, -0.1) is 0 Å². The maximum Gasteiger partial charge on any atom is 0.407 e. The SMILES string of the molecule is CCC(C(=O)N1CCCC1c1ncc(-c2ccc(C#Cc3ccc(-c4cnc(C5CCCN5C(=O)C(NC(=O)OC)C(C)C)[nH]4)cc3)cc2)[nH]1)N(C)C. The number of amides is 3. The molecule has 0 bridgehead atoms. The van der Waals surface area contributed by atoms with Crippen LogP contribution in [0.3, 0.4) is 0 Å². The molecule has 12 heteroatoms. The van der Waals surface area contributed by atoms with Crippen molar-refractivity contribution in [2.45, 2.75) is 77.0 Å². The Morgan fingerprint density at radius 1 is 0.830 bits per heavy atom. The lowest BCUT2D eigenvalue weighted by molar-refractivity contribution is -0.137. The summed E-state index contributed by atoms with van der Waals surface area (Å²) in [5.74, 6) is 8.02. The highest BCUT2D eigenvalue weighted by molar-refractivity contribution is 5.86. The number of aromatic nitrogens is 4. The maximum atomic E-state index is 13.5. The van der Waals surface area contributed by atoms with E-state index in [0.717, 1.165) is 83.9 Å². The molecule has 4 atom stereocenters. The molecule has 0 saturated carbocycles. The predicted molar refractivity (Wildman–Crippen MR) is 203 cm³/mol. The zero-order chi connectivity index (χ0) is 37.6. The van der Waals surface area contributed by atoms with E-state index in [2.05, 4.69) is 44.0 Å². The van der Waals surface area contributed by atoms with Crippen LogP contribution in [-0.2, 0) is 14.3 Å². The highest BCUT2D eigenvalue weighted by Gasteiger charge is 2.38. The van der Waals surface area contributed by atoms with Gasteiger partial charge in [-0.1, -0.05) is 56.9 Å². The molecule has 0 spiro atoms. The second-order valence-electron chi connectivity index (χ2n) is 14.4. The Balaban J connectivity index is 1.08. The number of methoxy groups -OCH3 is 1. The van der Waals surface area contributed by atoms with Crippen LogP contribution in [0.15, 0.2) is 60.9 Å². The largest absolute Gasteiger partial charge is 0.453 e. The van der Waals surface area contributed by atoms with Crippen molar-refractivity contribution < 1.29 is 19.1 Å². The highest BCUT2D eigenvalue weighted by atomic mass is 16.5. The molecule has 278 valence electrons. The Kier molecular flexibility index (Phi) is 11.6. The van der Waals surface area contributed by atoms with E-state index in [4.69, 9.17) is 4.74 Å². The topological polar surface area (TPSA) is 140 Å². The minimum absolute atomic E-state index is 0.0359. The first-order chi connectivity index (χ1) is 25.6. The van der Waals surface area contributed by atoms with Crippen LogP contribution in [0.4, 0.5) is 4.79 Å². The van der Waals surface area contributed by atoms with Crippen molar-refractivity contribution in [2.75, 3.05) is 34.3 Å². The van der Waals surface area contributed by atoms with Crippen LogP contribution in [-0.4, -0.2) is 98.9 Å². The van der Waals surface area contributed by atoms with Crippen molar-refractivity contribution in [3.63, 3.8) is 0 Å². The predicted octanol–water partition coefficient (Wildman–Crippen LogP) is 5.91. The third-order valence-corrected chi connectivity index (χ3v) is 10.3. The number of hydrogen-bond acceptors (Lipinski definition) is 7. The number of nitrogens with one attached hydrogen (secondary N) is 3. The van der Waals surface area contributed by atoms with E-state index in [1.807, 2.05) is 97.4 Å². The minimum Gasteiger partial charge on any atom is -0.453 e. The normalized spacial score (nSPS) is 18.2. The number of aromatic amines is 2. The molecule has 4 heterocycles. The summed E-state index contributed by atoms with van der Waals surface area (Å²) in [5.41, 5.74) is 5.53. The number of likely N-dealkylation sites (tertiary alicyclic amines) is 2. The fourth-order valence-electron chi connectivity index (χ4n) is 7.38. The van der Waals surface area contributed by atoms with Crippen LogP contribution in [0.1, 0.15) is 87.7 Å². The zero-order valence-corrected chi connectivity index (χ0v) is 31.5. The number of nitrogens with zero attached hydrogens (tertiary/aromatic N) is 5. The number of alkyl carbamates (subject to hydrolysis) is 1. The molecule has 2 aromatic carbocycles. The smallest absolute Gasteiger partial charge is 0.407 e. The number of carbonyl (C=O) groups is 3. The molecule has 2 aromatic heterocycles. The molecule has 2 saturated heterocycles. The Labute approximate surface area is 311 Å². The first-order valence-electron chi connectivity index (χ1n) is 18.5. The molecule has 12 nitrogen and oxygen atoms in total. The van der Waals surface area contributed by atoms with Crippen LogP contribution in [0.5, 0.6) is 0 Å². The van der Waals surface area contributed by atoms with E-state index >= 15 is 0 Å². The van der Waals surface area contributed by atoms with Gasteiger partial charge in [0.15, 0.2) is 0 Å². The Morgan fingerprint density at radius 2 is 1.30 bits per heavy atom. The van der Waals surface area contributed by atoms with Gasteiger partial charge in [0.25, 0.3) is 0 Å². The van der Waals surface area contributed by atoms with Gasteiger partial charge in [0.05, 0.1) is 49.0 Å². The Morgan fingerprint density at radius 3 is 1.72 bits per heavy atom. The average Bonchev–Trinajstić information content (AvgIpc) is 3.99. The van der Waals surface area contributed by atoms with Gasteiger partial charge in [-0.05, 0) is 87.5 Å². The molecule has 0 radical (unpaired) electrons. The Bertz CT molecular complexity index is 1950. The molecule has 3 N–H and O–H groups in total. The van der Waals surface area contributed by atoms with E-state index in [9.17, 15) is 14.4 Å². The van der Waals surface area contributed by atoms with Crippen LogP contribution in [0.2, 0.25) is 0 Å². The molecule has 53 heavy (non-hydrogen) atoms. The van der Waals surface area contributed by atoms with Gasteiger partial charge >= 0.3 is 6.09 Å². The molecule has 2 aliphatic rings. The molecule has 6 rings (SSSR count). The number of imidazole rings is 2. The summed E-state index contributed by atoms with van der Waals surface area (Å²) in [4.78, 5) is 60.7. The van der Waals surface area contributed by atoms with Crippen LogP contribution in [0, 0.1) is 17.8 Å². The molecule has 0 aliphatic carbocycles. The quantitative estimate of drug-likeness (QED) is 0.173. The van der Waals surface area contributed by atoms with Crippen LogP contribution >= 0.6 is 0 Å². The van der Waals surface area contributed by atoms with Crippen molar-refractivity contribution in [2.24, 2.45) is 5.92 Å². The molecule has 2 fully saturated rings. The van der Waals surface area contributed by atoms with Crippen LogP contribution < -0.4 is 5.32 Å². The summed E-state index contributed by atoms with van der Waals surface area (Å²) in [6.45, 7) is 7.22. The summed E-state index contributed by atoms with van der Waals surface area (Å²) in [7, 11) is 5.21. The van der Waals surface area contributed by atoms with Gasteiger partial charge in [-0.2, -0.15) is 0 Å². The Hall–Kier alpha value is -5.41. The van der Waals surface area contributed by atoms with Gasteiger partial charge in [0, 0.05) is 24.2 Å². The number of H-pyrrole nitrogens is 2. The van der Waals surface area contributed by atoms with Gasteiger partial charge in [0.1, 0.15) is 17.7 Å². The number of likely N-dealkylation sites (N-methyl/N-ethyl adjacent to an activating group) is 1. The van der Waals surface area contributed by atoms with Crippen molar-refractivity contribution >= 4 is 17.9 Å². The fourth-order valence-corrected chi connectivity index (χ4v) is 7.38. The third-order valence-electron chi connectivity index (χ3n) is 10.3. The zero-order valence-electron chi connectivity index (χ0n) is 31.5. The molecule has 4 unspecified atom stereocenters. The van der Waals surface area contributed by atoms with E-state index < -0.39 is 12.1 Å². The van der Waals surface area contributed by atoms with Crippen molar-refractivity contribution in [1.29, 1.82) is 0 Å². The third kappa shape index (κ3) is 8.31. The second kappa shape index (κ2) is 16.5.